The van der Waals surface area contributed by atoms with E-state index in [0.717, 1.165) is 6.54 Å². The number of aromatic nitrogens is 1. The van der Waals surface area contributed by atoms with E-state index in [1.807, 2.05) is 30.3 Å². The largest absolute Gasteiger partial charge is 0.357 e. The van der Waals surface area contributed by atoms with Crippen molar-refractivity contribution in [3.8, 4) is 0 Å². The number of rotatable bonds is 2. The normalized spacial score (nSPS) is 26.9. The van der Waals surface area contributed by atoms with Gasteiger partial charge in [-0.25, -0.2) is 5.06 Å². The number of nitrogens with one attached hydrogen (secondary N) is 1. The van der Waals surface area contributed by atoms with E-state index in [1.165, 1.54) is 10.6 Å². The van der Waals surface area contributed by atoms with Gasteiger partial charge in [-0.15, -0.1) is 0 Å². The first-order valence-electron chi connectivity index (χ1n) is 7.40. The van der Waals surface area contributed by atoms with Crippen molar-refractivity contribution in [3.05, 3.63) is 72.1 Å². The fraction of sp³-hybridized carbons (Fsp3) is 0.235. The van der Waals surface area contributed by atoms with Gasteiger partial charge in [0.1, 0.15) is 18.5 Å². The van der Waals surface area contributed by atoms with Gasteiger partial charge < -0.3 is 4.98 Å². The topological polar surface area (TPSA) is 48.6 Å². The van der Waals surface area contributed by atoms with E-state index >= 15 is 0 Å². The highest BCUT2D eigenvalue weighted by molar-refractivity contribution is 5.91. The van der Waals surface area contributed by atoms with E-state index in [-0.39, 0.29) is 18.1 Å². The van der Waals surface area contributed by atoms with Gasteiger partial charge in [0.15, 0.2) is 0 Å². The number of amides is 1. The summed E-state index contributed by atoms with van der Waals surface area (Å²) in [5.41, 5.74) is 1.75. The van der Waals surface area contributed by atoms with Crippen molar-refractivity contribution in [2.75, 3.05) is 13.2 Å². The van der Waals surface area contributed by atoms with Gasteiger partial charge in [0.05, 0.1) is 6.04 Å². The molecule has 0 spiro atoms. The molecule has 1 fully saturated rings. The minimum Gasteiger partial charge on any atom is -0.357 e. The number of aromatic amines is 1. The van der Waals surface area contributed by atoms with Crippen molar-refractivity contribution in [2.45, 2.75) is 12.1 Å². The summed E-state index contributed by atoms with van der Waals surface area (Å²) in [4.78, 5) is 23.6. The predicted octanol–water partition coefficient (Wildman–Crippen LogP) is 2.34. The zero-order valence-corrected chi connectivity index (χ0v) is 12.1. The van der Waals surface area contributed by atoms with E-state index < -0.39 is 0 Å². The van der Waals surface area contributed by atoms with Gasteiger partial charge in [-0.1, -0.05) is 42.5 Å². The molecular weight excluding hydrogens is 278 g/mol. The second-order valence-electron chi connectivity index (χ2n) is 5.53. The lowest BCUT2D eigenvalue weighted by Crippen LogP contribution is -2.55. The fourth-order valence-electron chi connectivity index (χ4n) is 3.10. The van der Waals surface area contributed by atoms with E-state index in [2.05, 4.69) is 28.1 Å². The van der Waals surface area contributed by atoms with E-state index in [4.69, 9.17) is 4.84 Å². The second-order valence-corrected chi connectivity index (χ2v) is 5.53. The van der Waals surface area contributed by atoms with Gasteiger partial charge >= 0.3 is 0 Å². The molecule has 3 unspecified atom stereocenters. The maximum absolute atomic E-state index is 12.5. The van der Waals surface area contributed by atoms with Crippen molar-refractivity contribution >= 4 is 5.91 Å². The van der Waals surface area contributed by atoms with Crippen LogP contribution in [-0.4, -0.2) is 40.2 Å². The Morgan fingerprint density at radius 2 is 2.05 bits per heavy atom. The highest BCUT2D eigenvalue weighted by atomic mass is 16.7. The molecule has 2 aliphatic rings. The zero-order valence-electron chi connectivity index (χ0n) is 12.1. The lowest BCUT2D eigenvalue weighted by atomic mass is 9.96. The highest BCUT2D eigenvalue weighted by Gasteiger charge is 2.39. The van der Waals surface area contributed by atoms with Crippen molar-refractivity contribution in [3.63, 3.8) is 0 Å². The van der Waals surface area contributed by atoms with Crippen LogP contribution in [0.2, 0.25) is 0 Å². The third-order valence-electron chi connectivity index (χ3n) is 4.13. The van der Waals surface area contributed by atoms with E-state index in [9.17, 15) is 4.79 Å². The number of hydroxylamine groups is 2. The molecule has 1 aromatic heterocycles. The first kappa shape index (κ1) is 13.3. The van der Waals surface area contributed by atoms with Gasteiger partial charge in [0.25, 0.3) is 5.91 Å². The Morgan fingerprint density at radius 1 is 1.18 bits per heavy atom. The highest BCUT2D eigenvalue weighted by Crippen LogP contribution is 2.34. The zero-order chi connectivity index (χ0) is 14.9. The Hall–Kier alpha value is -2.37. The van der Waals surface area contributed by atoms with Gasteiger partial charge in [0.2, 0.25) is 0 Å². The molecular formula is C17H17N3O2. The molecule has 0 aliphatic carbocycles. The van der Waals surface area contributed by atoms with Gasteiger partial charge in [-0.3, -0.25) is 14.5 Å². The van der Waals surface area contributed by atoms with Crippen molar-refractivity contribution in [1.82, 2.24) is 14.9 Å². The Balaban J connectivity index is 1.59. The van der Waals surface area contributed by atoms with E-state index in [0.29, 0.717) is 12.4 Å². The number of nitrogens with zero attached hydrogens (tertiary/aromatic N) is 2. The third kappa shape index (κ3) is 2.24. The smallest absolute Gasteiger partial charge is 0.295 e. The lowest BCUT2D eigenvalue weighted by molar-refractivity contribution is -0.232. The molecule has 0 saturated carbocycles. The summed E-state index contributed by atoms with van der Waals surface area (Å²) < 4.78 is 0. The molecule has 1 N–H and O–H groups in total. The van der Waals surface area contributed by atoms with Crippen LogP contribution < -0.4 is 0 Å². The number of carbonyl (C=O) groups excluding carboxylic acids is 1. The molecule has 5 nitrogen and oxygen atoms in total. The predicted molar refractivity (Wildman–Crippen MR) is 81.7 cm³/mol. The quantitative estimate of drug-likeness (QED) is 0.865. The molecule has 3 atom stereocenters. The molecule has 4 rings (SSSR count). The fourth-order valence-corrected chi connectivity index (χ4v) is 3.10. The number of hydrogen-bond donors (Lipinski definition) is 1. The summed E-state index contributed by atoms with van der Waals surface area (Å²) in [5, 5.41) is 1.44. The number of benzene rings is 1. The molecule has 0 radical (unpaired) electrons. The second kappa shape index (κ2) is 5.44. The summed E-state index contributed by atoms with van der Waals surface area (Å²) in [6, 6.07) is 14.0. The molecule has 1 saturated heterocycles. The first-order valence-corrected chi connectivity index (χ1v) is 7.40. The van der Waals surface area contributed by atoms with Crippen molar-refractivity contribution < 1.29 is 9.63 Å². The van der Waals surface area contributed by atoms with Crippen molar-refractivity contribution in [2.24, 2.45) is 0 Å². The van der Waals surface area contributed by atoms with Gasteiger partial charge in [-0.2, -0.15) is 0 Å². The lowest BCUT2D eigenvalue weighted by Gasteiger charge is -2.46. The Kier molecular flexibility index (Phi) is 3.29. The summed E-state index contributed by atoms with van der Waals surface area (Å²) in [5.74, 6) is -0.137. The Morgan fingerprint density at radius 3 is 2.77 bits per heavy atom. The molecule has 112 valence electrons. The Labute approximate surface area is 128 Å². The van der Waals surface area contributed by atoms with Crippen LogP contribution in [0.3, 0.4) is 0 Å². The summed E-state index contributed by atoms with van der Waals surface area (Å²) in [6.07, 6.45) is 5.73. The SMILES string of the molecule is O=C(c1ccc[nH]1)N1CN2CC=CC(O1)C2c1ccccc1. The summed E-state index contributed by atoms with van der Waals surface area (Å²) in [6.45, 7) is 1.27. The summed E-state index contributed by atoms with van der Waals surface area (Å²) >= 11 is 0. The number of H-pyrrole nitrogens is 1. The molecule has 5 heteroatoms. The van der Waals surface area contributed by atoms with Crippen LogP contribution >= 0.6 is 0 Å². The van der Waals surface area contributed by atoms with Crippen LogP contribution in [-0.2, 0) is 4.84 Å². The number of hydrogen-bond acceptors (Lipinski definition) is 3. The average molecular weight is 295 g/mol. The molecule has 3 heterocycles. The molecule has 2 aromatic rings. The van der Waals surface area contributed by atoms with Crippen LogP contribution in [0.4, 0.5) is 0 Å². The number of fused-ring (bicyclic) bond motifs is 2. The summed E-state index contributed by atoms with van der Waals surface area (Å²) in [7, 11) is 0. The molecule has 1 aromatic carbocycles. The molecule has 22 heavy (non-hydrogen) atoms. The minimum absolute atomic E-state index is 0.137. The van der Waals surface area contributed by atoms with Crippen LogP contribution in [0.15, 0.2) is 60.8 Å². The minimum atomic E-state index is -0.149. The molecule has 1 amide bonds. The van der Waals surface area contributed by atoms with Crippen LogP contribution in [0.25, 0.3) is 0 Å². The van der Waals surface area contributed by atoms with Crippen molar-refractivity contribution in [1.29, 1.82) is 0 Å². The maximum Gasteiger partial charge on any atom is 0.295 e. The van der Waals surface area contributed by atoms with E-state index in [1.54, 1.807) is 12.3 Å². The van der Waals surface area contributed by atoms with Crippen LogP contribution in [0.5, 0.6) is 0 Å². The monoisotopic (exact) mass is 295 g/mol. The van der Waals surface area contributed by atoms with Crippen LogP contribution in [0.1, 0.15) is 22.1 Å². The van der Waals surface area contributed by atoms with Crippen LogP contribution in [0, 0.1) is 0 Å². The van der Waals surface area contributed by atoms with Gasteiger partial charge in [-0.05, 0) is 17.7 Å². The third-order valence-corrected chi connectivity index (χ3v) is 4.13. The maximum atomic E-state index is 12.5. The number of carbonyl (C=O) groups is 1. The Bertz CT molecular complexity index is 681. The molecule has 2 aliphatic heterocycles. The standard InChI is InChI=1S/C17H17N3O2/c21-17(14-8-4-10-18-14)20-12-19-11-5-9-15(22-20)16(19)13-6-2-1-3-7-13/h1-10,15-16,18H,11-12H2. The first-order chi connectivity index (χ1) is 10.8. The molecule has 2 bridgehead atoms. The average Bonchev–Trinajstić information content (AvgIpc) is 3.08. The van der Waals surface area contributed by atoms with Gasteiger partial charge in [0, 0.05) is 12.7 Å².